The largest absolute Gasteiger partial charge is 0.299 e. The summed E-state index contributed by atoms with van der Waals surface area (Å²) in [6, 6.07) is 14.2. The Balaban J connectivity index is 2.04. The van der Waals surface area contributed by atoms with E-state index in [2.05, 4.69) is 52.8 Å². The van der Waals surface area contributed by atoms with Crippen molar-refractivity contribution in [3.8, 4) is 0 Å². The minimum atomic E-state index is -0.364. The van der Waals surface area contributed by atoms with Gasteiger partial charge in [0.25, 0.3) is 5.91 Å². The maximum atomic E-state index is 13.1. The van der Waals surface area contributed by atoms with Gasteiger partial charge in [-0.1, -0.05) is 36.4 Å². The van der Waals surface area contributed by atoms with Crippen LogP contribution in [0.3, 0.4) is 0 Å². The lowest BCUT2D eigenvalue weighted by atomic mass is 9.87. The first kappa shape index (κ1) is 17.2. The lowest BCUT2D eigenvalue weighted by Crippen LogP contribution is -2.48. The molecule has 0 N–H and O–H groups in total. The Morgan fingerprint density at radius 3 is 2.32 bits per heavy atom. The highest BCUT2D eigenvalue weighted by molar-refractivity contribution is 6.08. The number of anilines is 1. The number of rotatable bonds is 2. The number of amides is 1. The Morgan fingerprint density at radius 2 is 1.64 bits per heavy atom. The Morgan fingerprint density at radius 1 is 1.00 bits per heavy atom. The summed E-state index contributed by atoms with van der Waals surface area (Å²) in [5.41, 5.74) is 6.47. The van der Waals surface area contributed by atoms with Crippen molar-refractivity contribution >= 4 is 23.2 Å². The van der Waals surface area contributed by atoms with Gasteiger partial charge in [0, 0.05) is 11.6 Å². The molecular formula is C23H25NO. The predicted molar refractivity (Wildman–Crippen MR) is 107 cm³/mol. The highest BCUT2D eigenvalue weighted by Crippen LogP contribution is 2.40. The molecule has 0 saturated carbocycles. The molecule has 0 aliphatic carbocycles. The van der Waals surface area contributed by atoms with Gasteiger partial charge in [0.1, 0.15) is 0 Å². The molecule has 0 bridgehead atoms. The van der Waals surface area contributed by atoms with Crippen molar-refractivity contribution in [3.63, 3.8) is 0 Å². The van der Waals surface area contributed by atoms with Gasteiger partial charge >= 0.3 is 0 Å². The molecule has 2 nitrogen and oxygen atoms in total. The molecule has 2 heteroatoms. The molecule has 3 rings (SSSR count). The van der Waals surface area contributed by atoms with Crippen molar-refractivity contribution in [1.29, 1.82) is 0 Å². The van der Waals surface area contributed by atoms with Crippen LogP contribution in [-0.2, 0) is 4.79 Å². The molecule has 128 valence electrons. The van der Waals surface area contributed by atoms with Gasteiger partial charge in [-0.3, -0.25) is 9.69 Å². The Hall–Kier alpha value is -2.61. The summed E-state index contributed by atoms with van der Waals surface area (Å²) in [6.45, 7) is 10.5. The minimum Gasteiger partial charge on any atom is -0.299 e. The van der Waals surface area contributed by atoms with Crippen LogP contribution in [0.2, 0.25) is 0 Å². The van der Waals surface area contributed by atoms with Gasteiger partial charge in [-0.25, -0.2) is 0 Å². The zero-order valence-corrected chi connectivity index (χ0v) is 15.6. The smallest absolute Gasteiger partial charge is 0.251 e. The highest BCUT2D eigenvalue weighted by Gasteiger charge is 2.35. The van der Waals surface area contributed by atoms with Gasteiger partial charge in [-0.15, -0.1) is 0 Å². The van der Waals surface area contributed by atoms with Crippen LogP contribution < -0.4 is 4.90 Å². The fraction of sp³-hybridized carbons (Fsp3) is 0.261. The van der Waals surface area contributed by atoms with E-state index in [-0.39, 0.29) is 11.4 Å². The normalized spacial score (nSPS) is 15.9. The van der Waals surface area contributed by atoms with Crippen molar-refractivity contribution in [3.05, 3.63) is 76.9 Å². The van der Waals surface area contributed by atoms with E-state index in [4.69, 9.17) is 0 Å². The Kier molecular flexibility index (Phi) is 4.38. The van der Waals surface area contributed by atoms with Crippen molar-refractivity contribution in [2.45, 2.75) is 40.2 Å². The molecule has 25 heavy (non-hydrogen) atoms. The SMILES string of the molecule is CC1=CC(C)(C)N(C(=O)C=Cc2ccccc2)c2cc(C)c(C)cc21. The van der Waals surface area contributed by atoms with E-state index < -0.39 is 0 Å². The van der Waals surface area contributed by atoms with Crippen molar-refractivity contribution < 1.29 is 4.79 Å². The monoisotopic (exact) mass is 331 g/mol. The second-order valence-electron chi connectivity index (χ2n) is 7.35. The molecule has 2 aromatic rings. The van der Waals surface area contributed by atoms with Crippen LogP contribution in [0, 0.1) is 13.8 Å². The highest BCUT2D eigenvalue weighted by atomic mass is 16.2. The maximum Gasteiger partial charge on any atom is 0.251 e. The first-order valence-electron chi connectivity index (χ1n) is 8.68. The molecule has 0 aromatic heterocycles. The molecule has 0 unspecified atom stereocenters. The van der Waals surface area contributed by atoms with Crippen LogP contribution in [0.15, 0.2) is 54.6 Å². The number of aryl methyl sites for hydroxylation is 2. The number of allylic oxidation sites excluding steroid dienone is 1. The summed E-state index contributed by atoms with van der Waals surface area (Å²) >= 11 is 0. The molecule has 0 saturated heterocycles. The summed E-state index contributed by atoms with van der Waals surface area (Å²) in [4.78, 5) is 15.0. The number of carbonyl (C=O) groups excluding carboxylic acids is 1. The van der Waals surface area contributed by atoms with Gasteiger partial charge < -0.3 is 0 Å². The first-order chi connectivity index (χ1) is 11.8. The van der Waals surface area contributed by atoms with Crippen LogP contribution in [0.5, 0.6) is 0 Å². The van der Waals surface area contributed by atoms with Crippen LogP contribution >= 0.6 is 0 Å². The predicted octanol–water partition coefficient (Wildman–Crippen LogP) is 5.55. The third-order valence-corrected chi connectivity index (χ3v) is 4.86. The number of benzene rings is 2. The number of fused-ring (bicyclic) bond motifs is 1. The van der Waals surface area contributed by atoms with Crippen LogP contribution in [-0.4, -0.2) is 11.4 Å². The fourth-order valence-corrected chi connectivity index (χ4v) is 3.49. The van der Waals surface area contributed by atoms with E-state index in [1.807, 2.05) is 41.3 Å². The van der Waals surface area contributed by atoms with E-state index in [0.29, 0.717) is 0 Å². The third kappa shape index (κ3) is 3.30. The summed E-state index contributed by atoms with van der Waals surface area (Å²) in [7, 11) is 0. The summed E-state index contributed by atoms with van der Waals surface area (Å²) in [6.07, 6.45) is 5.73. The van der Waals surface area contributed by atoms with Gasteiger partial charge in [0.15, 0.2) is 0 Å². The van der Waals surface area contributed by atoms with Crippen molar-refractivity contribution in [1.82, 2.24) is 0 Å². The number of hydrogen-bond acceptors (Lipinski definition) is 1. The molecule has 1 amide bonds. The van der Waals surface area contributed by atoms with Crippen LogP contribution in [0.4, 0.5) is 5.69 Å². The topological polar surface area (TPSA) is 20.3 Å². The third-order valence-electron chi connectivity index (χ3n) is 4.86. The molecule has 0 spiro atoms. The van der Waals surface area contributed by atoms with Crippen molar-refractivity contribution in [2.75, 3.05) is 4.90 Å². The average Bonchev–Trinajstić information content (AvgIpc) is 2.55. The summed E-state index contributed by atoms with van der Waals surface area (Å²) < 4.78 is 0. The van der Waals surface area contributed by atoms with Gasteiger partial charge in [-0.2, -0.15) is 0 Å². The molecule has 2 aromatic carbocycles. The first-order valence-corrected chi connectivity index (χ1v) is 8.68. The molecule has 0 atom stereocenters. The van der Waals surface area contributed by atoms with E-state index >= 15 is 0 Å². The maximum absolute atomic E-state index is 13.1. The Labute approximate surface area is 150 Å². The second-order valence-corrected chi connectivity index (χ2v) is 7.35. The zero-order valence-electron chi connectivity index (χ0n) is 15.6. The lowest BCUT2D eigenvalue weighted by molar-refractivity contribution is -0.114. The molecule has 0 radical (unpaired) electrons. The average molecular weight is 331 g/mol. The van der Waals surface area contributed by atoms with E-state index in [1.165, 1.54) is 16.7 Å². The van der Waals surface area contributed by atoms with Crippen LogP contribution in [0.1, 0.15) is 43.0 Å². The fourth-order valence-electron chi connectivity index (χ4n) is 3.49. The summed E-state index contributed by atoms with van der Waals surface area (Å²) in [5.74, 6) is 0.00195. The molecule has 1 aliphatic heterocycles. The number of hydrogen-bond donors (Lipinski definition) is 0. The summed E-state index contributed by atoms with van der Waals surface area (Å²) in [5, 5.41) is 0. The molecular weight excluding hydrogens is 306 g/mol. The zero-order chi connectivity index (χ0) is 18.2. The van der Waals surface area contributed by atoms with Gasteiger partial charge in [-0.05, 0) is 75.1 Å². The van der Waals surface area contributed by atoms with E-state index in [1.54, 1.807) is 6.08 Å². The molecule has 1 aliphatic rings. The van der Waals surface area contributed by atoms with Crippen molar-refractivity contribution in [2.24, 2.45) is 0 Å². The standard InChI is InChI=1S/C23H25NO/c1-16-13-20-18(3)15-23(4,5)24(21(20)14-17(16)2)22(25)12-11-19-9-7-6-8-10-19/h6-15H,1-5H3. The van der Waals surface area contributed by atoms with Crippen LogP contribution in [0.25, 0.3) is 11.6 Å². The lowest BCUT2D eigenvalue weighted by Gasteiger charge is -2.41. The quantitative estimate of drug-likeness (QED) is 0.661. The van der Waals surface area contributed by atoms with Gasteiger partial charge in [0.05, 0.1) is 11.2 Å². The Bertz CT molecular complexity index is 872. The van der Waals surface area contributed by atoms with E-state index in [9.17, 15) is 4.79 Å². The number of nitrogens with zero attached hydrogens (tertiary/aromatic N) is 1. The number of carbonyl (C=O) groups is 1. The second kappa shape index (κ2) is 6.36. The molecule has 1 heterocycles. The van der Waals surface area contributed by atoms with Gasteiger partial charge in [0.2, 0.25) is 0 Å². The van der Waals surface area contributed by atoms with E-state index in [0.717, 1.165) is 16.8 Å². The molecule has 0 fully saturated rings. The minimum absolute atomic E-state index is 0.00195.